The molecule has 146 valence electrons. The minimum absolute atomic E-state index is 0.293. The van der Waals surface area contributed by atoms with E-state index in [-0.39, 0.29) is 5.91 Å². The zero-order chi connectivity index (χ0) is 20.4. The second-order valence-corrected chi connectivity index (χ2v) is 7.59. The standard InChI is InChI=1S/C22H19FN4OS/c1-14-7-9-15(10-8-14)22-25-18(13-29-22)21(28)26-19(20-24-11-12-27(20)2)16-5-3-4-6-17(16)23/h3-13,19H,1-2H3,(H,26,28). The molecule has 0 aliphatic carbocycles. The number of carbonyl (C=O) groups excluding carboxylic acids is 1. The molecule has 1 amide bonds. The smallest absolute Gasteiger partial charge is 0.271 e. The number of amides is 1. The van der Waals surface area contributed by atoms with E-state index in [1.165, 1.54) is 17.4 Å². The Morgan fingerprint density at radius 3 is 2.62 bits per heavy atom. The molecule has 0 aliphatic heterocycles. The molecule has 7 heteroatoms. The molecule has 2 aromatic heterocycles. The molecule has 0 radical (unpaired) electrons. The summed E-state index contributed by atoms with van der Waals surface area (Å²) < 4.78 is 16.2. The molecule has 2 aromatic carbocycles. The van der Waals surface area contributed by atoms with Crippen LogP contribution in [0.15, 0.2) is 66.3 Å². The van der Waals surface area contributed by atoms with Gasteiger partial charge in [0, 0.05) is 35.9 Å². The number of aryl methyl sites for hydroxylation is 2. The van der Waals surface area contributed by atoms with Gasteiger partial charge >= 0.3 is 0 Å². The van der Waals surface area contributed by atoms with Crippen molar-refractivity contribution in [3.63, 3.8) is 0 Å². The van der Waals surface area contributed by atoms with Crippen molar-refractivity contribution in [1.82, 2.24) is 19.9 Å². The number of hydrogen-bond donors (Lipinski definition) is 1. The van der Waals surface area contributed by atoms with E-state index >= 15 is 0 Å². The van der Waals surface area contributed by atoms with Gasteiger partial charge in [-0.1, -0.05) is 48.0 Å². The molecule has 2 heterocycles. The summed E-state index contributed by atoms with van der Waals surface area (Å²) in [5.74, 6) is -0.243. The van der Waals surface area contributed by atoms with Gasteiger partial charge in [-0.25, -0.2) is 14.4 Å². The van der Waals surface area contributed by atoms with Crippen LogP contribution in [-0.4, -0.2) is 20.4 Å². The fraction of sp³-hybridized carbons (Fsp3) is 0.136. The molecule has 1 N–H and O–H groups in total. The van der Waals surface area contributed by atoms with E-state index in [2.05, 4.69) is 15.3 Å². The van der Waals surface area contributed by atoms with Gasteiger partial charge in [0.1, 0.15) is 28.4 Å². The fourth-order valence-electron chi connectivity index (χ4n) is 3.06. The summed E-state index contributed by atoms with van der Waals surface area (Å²) >= 11 is 1.40. The zero-order valence-electron chi connectivity index (χ0n) is 16.0. The van der Waals surface area contributed by atoms with E-state index in [4.69, 9.17) is 0 Å². The van der Waals surface area contributed by atoms with Crippen LogP contribution in [0.1, 0.15) is 33.5 Å². The Hall–Kier alpha value is -3.32. The summed E-state index contributed by atoms with van der Waals surface area (Å²) in [6.45, 7) is 2.02. The van der Waals surface area contributed by atoms with Gasteiger partial charge in [0.25, 0.3) is 5.91 Å². The van der Waals surface area contributed by atoms with E-state index in [9.17, 15) is 9.18 Å². The molecule has 0 bridgehead atoms. The summed E-state index contributed by atoms with van der Waals surface area (Å²) in [4.78, 5) is 21.7. The SMILES string of the molecule is Cc1ccc(-c2nc(C(=O)NC(c3ccccc3F)c3nccn3C)cs2)cc1. The normalized spacial score (nSPS) is 12.0. The van der Waals surface area contributed by atoms with Gasteiger partial charge in [-0.15, -0.1) is 11.3 Å². The highest BCUT2D eigenvalue weighted by Crippen LogP contribution is 2.26. The monoisotopic (exact) mass is 406 g/mol. The topological polar surface area (TPSA) is 59.8 Å². The molecule has 4 aromatic rings. The Bertz CT molecular complexity index is 1150. The largest absolute Gasteiger partial charge is 0.337 e. The number of halogens is 1. The number of nitrogens with zero attached hydrogens (tertiary/aromatic N) is 3. The molecule has 5 nitrogen and oxygen atoms in total. The first kappa shape index (κ1) is 19.0. The van der Waals surface area contributed by atoms with Crippen LogP contribution in [0.2, 0.25) is 0 Å². The number of hydrogen-bond acceptors (Lipinski definition) is 4. The molecular formula is C22H19FN4OS. The van der Waals surface area contributed by atoms with E-state index in [0.29, 0.717) is 17.1 Å². The summed E-state index contributed by atoms with van der Waals surface area (Å²) in [7, 11) is 1.81. The molecule has 29 heavy (non-hydrogen) atoms. The van der Waals surface area contributed by atoms with Crippen LogP contribution in [0.5, 0.6) is 0 Å². The van der Waals surface area contributed by atoms with Gasteiger partial charge in [-0.05, 0) is 13.0 Å². The van der Waals surface area contributed by atoms with Crippen molar-refractivity contribution in [1.29, 1.82) is 0 Å². The summed E-state index contributed by atoms with van der Waals surface area (Å²) in [6.07, 6.45) is 3.38. The van der Waals surface area contributed by atoms with Crippen LogP contribution in [0, 0.1) is 12.7 Å². The third-order valence-electron chi connectivity index (χ3n) is 4.64. The third-order valence-corrected chi connectivity index (χ3v) is 5.54. The number of rotatable bonds is 5. The number of thiazole rings is 1. The van der Waals surface area contributed by atoms with Gasteiger partial charge in [0.2, 0.25) is 0 Å². The van der Waals surface area contributed by atoms with E-state index in [1.807, 2.05) is 31.2 Å². The van der Waals surface area contributed by atoms with Crippen LogP contribution in [-0.2, 0) is 7.05 Å². The van der Waals surface area contributed by atoms with Crippen molar-refractivity contribution < 1.29 is 9.18 Å². The highest BCUT2D eigenvalue weighted by molar-refractivity contribution is 7.13. The molecule has 0 fully saturated rings. The van der Waals surface area contributed by atoms with Gasteiger partial charge in [0.05, 0.1) is 0 Å². The van der Waals surface area contributed by atoms with E-state index < -0.39 is 11.9 Å². The van der Waals surface area contributed by atoms with Crippen molar-refractivity contribution in [2.75, 3.05) is 0 Å². The Morgan fingerprint density at radius 2 is 1.93 bits per heavy atom. The first-order valence-electron chi connectivity index (χ1n) is 9.08. The van der Waals surface area contributed by atoms with Crippen LogP contribution >= 0.6 is 11.3 Å². The Kier molecular flexibility index (Phi) is 5.22. The number of carbonyl (C=O) groups is 1. The quantitative estimate of drug-likeness (QED) is 0.530. The van der Waals surface area contributed by atoms with Crippen molar-refractivity contribution in [3.05, 3.63) is 94.8 Å². The molecule has 0 spiro atoms. The number of imidazole rings is 1. The highest BCUT2D eigenvalue weighted by atomic mass is 32.1. The maximum Gasteiger partial charge on any atom is 0.271 e. The minimum atomic E-state index is -0.728. The summed E-state index contributed by atoms with van der Waals surface area (Å²) in [5, 5.41) is 5.36. The fourth-order valence-corrected chi connectivity index (χ4v) is 3.86. The molecule has 0 saturated heterocycles. The lowest BCUT2D eigenvalue weighted by Crippen LogP contribution is -2.31. The molecule has 0 aliphatic rings. The Labute approximate surface area is 171 Å². The average molecular weight is 406 g/mol. The first-order valence-corrected chi connectivity index (χ1v) is 9.96. The summed E-state index contributed by atoms with van der Waals surface area (Å²) in [5.41, 5.74) is 2.76. The first-order chi connectivity index (χ1) is 14.0. The van der Waals surface area contributed by atoms with Gasteiger partial charge in [0.15, 0.2) is 0 Å². The third kappa shape index (κ3) is 3.95. The van der Waals surface area contributed by atoms with E-state index in [1.54, 1.807) is 47.6 Å². The van der Waals surface area contributed by atoms with Crippen LogP contribution in [0.25, 0.3) is 10.6 Å². The van der Waals surface area contributed by atoms with Crippen molar-refractivity contribution in [2.24, 2.45) is 7.05 Å². The Balaban J connectivity index is 1.63. The second kappa shape index (κ2) is 7.97. The molecule has 1 atom stereocenters. The second-order valence-electron chi connectivity index (χ2n) is 6.73. The molecular weight excluding hydrogens is 387 g/mol. The lowest BCUT2D eigenvalue weighted by Gasteiger charge is -2.19. The lowest BCUT2D eigenvalue weighted by atomic mass is 10.1. The van der Waals surface area contributed by atoms with Crippen molar-refractivity contribution in [3.8, 4) is 10.6 Å². The minimum Gasteiger partial charge on any atom is -0.337 e. The highest BCUT2D eigenvalue weighted by Gasteiger charge is 2.25. The zero-order valence-corrected chi connectivity index (χ0v) is 16.8. The van der Waals surface area contributed by atoms with Crippen LogP contribution in [0.4, 0.5) is 4.39 Å². The van der Waals surface area contributed by atoms with E-state index in [0.717, 1.165) is 16.1 Å². The maximum absolute atomic E-state index is 14.5. The lowest BCUT2D eigenvalue weighted by molar-refractivity contribution is 0.0936. The van der Waals surface area contributed by atoms with Gasteiger partial charge in [-0.3, -0.25) is 4.79 Å². The number of aromatic nitrogens is 3. The average Bonchev–Trinajstić information content (AvgIpc) is 3.37. The summed E-state index contributed by atoms with van der Waals surface area (Å²) in [6, 6.07) is 13.6. The number of nitrogens with one attached hydrogen (secondary N) is 1. The van der Waals surface area contributed by atoms with Gasteiger partial charge in [-0.2, -0.15) is 0 Å². The predicted molar refractivity (Wildman–Crippen MR) is 111 cm³/mol. The Morgan fingerprint density at radius 1 is 1.17 bits per heavy atom. The maximum atomic E-state index is 14.5. The molecule has 0 saturated carbocycles. The van der Waals surface area contributed by atoms with Crippen molar-refractivity contribution >= 4 is 17.2 Å². The number of benzene rings is 2. The predicted octanol–water partition coefficient (Wildman–Crippen LogP) is 4.51. The van der Waals surface area contributed by atoms with Crippen molar-refractivity contribution in [2.45, 2.75) is 13.0 Å². The van der Waals surface area contributed by atoms with Gasteiger partial charge < -0.3 is 9.88 Å². The van der Waals surface area contributed by atoms with Crippen LogP contribution in [0.3, 0.4) is 0 Å². The molecule has 4 rings (SSSR count). The van der Waals surface area contributed by atoms with Crippen LogP contribution < -0.4 is 5.32 Å². The molecule has 1 unspecified atom stereocenters.